The number of nitrogens with one attached hydrogen (secondary N) is 1. The molecule has 0 fully saturated rings. The molecule has 1 aromatic heterocycles. The summed E-state index contributed by atoms with van der Waals surface area (Å²) >= 11 is 1.49. The summed E-state index contributed by atoms with van der Waals surface area (Å²) in [4.78, 5) is 13.7. The van der Waals surface area contributed by atoms with Gasteiger partial charge in [0.2, 0.25) is 0 Å². The predicted octanol–water partition coefficient (Wildman–Crippen LogP) is 2.59. The summed E-state index contributed by atoms with van der Waals surface area (Å²) in [5.74, 6) is -0.0391. The monoisotopic (exact) mass is 255 g/mol. The molecule has 0 aliphatic carbocycles. The molecular weight excluding hydrogens is 234 g/mol. The number of carbonyl (C=O) groups is 1. The number of carbonyl (C=O) groups excluding carboxylic acids is 1. The van der Waals surface area contributed by atoms with Gasteiger partial charge in [-0.05, 0) is 31.9 Å². The molecule has 17 heavy (non-hydrogen) atoms. The van der Waals surface area contributed by atoms with E-state index in [0.717, 1.165) is 22.6 Å². The molecule has 0 aromatic carbocycles. The van der Waals surface area contributed by atoms with Gasteiger partial charge in [-0.2, -0.15) is 0 Å². The van der Waals surface area contributed by atoms with Crippen molar-refractivity contribution >= 4 is 17.2 Å². The Balaban J connectivity index is 2.58. The van der Waals surface area contributed by atoms with Crippen molar-refractivity contribution in [3.8, 4) is 0 Å². The van der Waals surface area contributed by atoms with E-state index >= 15 is 0 Å². The maximum Gasteiger partial charge on any atom is 0.261 e. The Morgan fingerprint density at radius 2 is 2.06 bits per heavy atom. The van der Waals surface area contributed by atoms with E-state index in [1.807, 2.05) is 32.9 Å². The van der Waals surface area contributed by atoms with Crippen LogP contribution < -0.4 is 5.32 Å². The highest BCUT2D eigenvalue weighted by Crippen LogP contribution is 2.24. The maximum absolute atomic E-state index is 11.9. The third-order valence-electron chi connectivity index (χ3n) is 3.42. The fraction of sp³-hybridized carbons (Fsp3) is 0.615. The van der Waals surface area contributed by atoms with Crippen molar-refractivity contribution in [3.63, 3.8) is 0 Å². The van der Waals surface area contributed by atoms with Gasteiger partial charge in [-0.25, -0.2) is 0 Å². The zero-order chi connectivity index (χ0) is 12.9. The van der Waals surface area contributed by atoms with Crippen LogP contribution in [0.4, 0.5) is 0 Å². The second-order valence-corrected chi connectivity index (χ2v) is 5.75. The van der Waals surface area contributed by atoms with E-state index in [-0.39, 0.29) is 17.9 Å². The van der Waals surface area contributed by atoms with Crippen molar-refractivity contribution in [2.75, 3.05) is 13.2 Å². The van der Waals surface area contributed by atoms with Crippen LogP contribution >= 0.6 is 11.3 Å². The molecule has 4 heteroatoms. The van der Waals surface area contributed by atoms with Gasteiger partial charge in [0.25, 0.3) is 5.91 Å². The van der Waals surface area contributed by atoms with E-state index < -0.39 is 0 Å². The first-order chi connectivity index (χ1) is 8.06. The van der Waals surface area contributed by atoms with Gasteiger partial charge in [-0.3, -0.25) is 4.79 Å². The van der Waals surface area contributed by atoms with Gasteiger partial charge in [-0.1, -0.05) is 13.8 Å². The zero-order valence-corrected chi connectivity index (χ0v) is 11.6. The summed E-state index contributed by atoms with van der Waals surface area (Å²) in [6.45, 7) is 6.72. The van der Waals surface area contributed by atoms with Crippen LogP contribution in [0.1, 0.15) is 41.2 Å². The minimum atomic E-state index is -0.179. The molecule has 0 bridgehead atoms. The number of aliphatic hydroxyl groups excluding tert-OH is 1. The fourth-order valence-electron chi connectivity index (χ4n) is 1.69. The van der Waals surface area contributed by atoms with Gasteiger partial charge in [0, 0.05) is 16.8 Å². The minimum Gasteiger partial charge on any atom is -0.396 e. The predicted molar refractivity (Wildman–Crippen MR) is 71.5 cm³/mol. The SMILES string of the molecule is CCC(CC)(CO)CNC(=O)c1ccc(C)s1. The van der Waals surface area contributed by atoms with E-state index in [0.29, 0.717) is 6.54 Å². The first-order valence-corrected chi connectivity index (χ1v) is 6.84. The third-order valence-corrected chi connectivity index (χ3v) is 4.42. The highest BCUT2D eigenvalue weighted by atomic mass is 32.1. The molecular formula is C13H21NO2S. The van der Waals surface area contributed by atoms with Crippen molar-refractivity contribution in [1.29, 1.82) is 0 Å². The van der Waals surface area contributed by atoms with Gasteiger partial charge in [-0.15, -0.1) is 11.3 Å². The van der Waals surface area contributed by atoms with E-state index in [1.54, 1.807) is 0 Å². The van der Waals surface area contributed by atoms with Crippen LogP contribution in [-0.4, -0.2) is 24.2 Å². The fourth-order valence-corrected chi connectivity index (χ4v) is 2.47. The summed E-state index contributed by atoms with van der Waals surface area (Å²) in [6, 6.07) is 3.78. The molecule has 1 amide bonds. The van der Waals surface area contributed by atoms with Gasteiger partial charge >= 0.3 is 0 Å². The molecule has 0 saturated carbocycles. The Bertz CT molecular complexity index is 361. The van der Waals surface area contributed by atoms with Crippen molar-refractivity contribution in [1.82, 2.24) is 5.32 Å². The molecule has 96 valence electrons. The van der Waals surface area contributed by atoms with Gasteiger partial charge < -0.3 is 10.4 Å². The van der Waals surface area contributed by atoms with Crippen LogP contribution in [0.3, 0.4) is 0 Å². The van der Waals surface area contributed by atoms with Crippen molar-refractivity contribution in [3.05, 3.63) is 21.9 Å². The lowest BCUT2D eigenvalue weighted by Crippen LogP contribution is -2.39. The van der Waals surface area contributed by atoms with Gasteiger partial charge in [0.15, 0.2) is 0 Å². The lowest BCUT2D eigenvalue weighted by molar-refractivity contribution is 0.0854. The molecule has 1 aromatic rings. The molecule has 3 nitrogen and oxygen atoms in total. The summed E-state index contributed by atoms with van der Waals surface area (Å²) in [6.07, 6.45) is 1.73. The van der Waals surface area contributed by atoms with E-state index in [1.165, 1.54) is 11.3 Å². The summed E-state index contributed by atoms with van der Waals surface area (Å²) in [5.41, 5.74) is -0.179. The average molecular weight is 255 g/mol. The maximum atomic E-state index is 11.9. The summed E-state index contributed by atoms with van der Waals surface area (Å²) < 4.78 is 0. The number of hydrogen-bond donors (Lipinski definition) is 2. The van der Waals surface area contributed by atoms with Gasteiger partial charge in [0.05, 0.1) is 11.5 Å². The topological polar surface area (TPSA) is 49.3 Å². The Morgan fingerprint density at radius 3 is 2.47 bits per heavy atom. The lowest BCUT2D eigenvalue weighted by Gasteiger charge is -2.29. The second kappa shape index (κ2) is 6.17. The number of rotatable bonds is 6. The highest BCUT2D eigenvalue weighted by Gasteiger charge is 2.26. The van der Waals surface area contributed by atoms with Crippen molar-refractivity contribution in [2.45, 2.75) is 33.6 Å². The molecule has 0 saturated heterocycles. The van der Waals surface area contributed by atoms with Crippen LogP contribution in [0, 0.1) is 12.3 Å². The van der Waals surface area contributed by atoms with Crippen LogP contribution in [0.2, 0.25) is 0 Å². The number of hydrogen-bond acceptors (Lipinski definition) is 3. The third kappa shape index (κ3) is 3.54. The molecule has 2 N–H and O–H groups in total. The molecule has 0 spiro atoms. The first kappa shape index (κ1) is 14.2. The Labute approximate surface area is 107 Å². The lowest BCUT2D eigenvalue weighted by atomic mass is 9.83. The van der Waals surface area contributed by atoms with Crippen LogP contribution in [-0.2, 0) is 0 Å². The normalized spacial score (nSPS) is 11.5. The minimum absolute atomic E-state index is 0.0391. The standard InChI is InChI=1S/C13H21NO2S/c1-4-13(5-2,9-15)8-14-12(16)11-7-6-10(3)17-11/h6-7,15H,4-5,8-9H2,1-3H3,(H,14,16). The number of amides is 1. The molecule has 1 heterocycles. The molecule has 0 aliphatic heterocycles. The summed E-state index contributed by atoms with van der Waals surface area (Å²) in [5, 5.41) is 12.3. The van der Waals surface area contributed by atoms with Crippen LogP contribution in [0.15, 0.2) is 12.1 Å². The number of aryl methyl sites for hydroxylation is 1. The Morgan fingerprint density at radius 1 is 1.41 bits per heavy atom. The van der Waals surface area contributed by atoms with E-state index in [9.17, 15) is 9.90 Å². The van der Waals surface area contributed by atoms with Crippen molar-refractivity contribution in [2.24, 2.45) is 5.41 Å². The summed E-state index contributed by atoms with van der Waals surface area (Å²) in [7, 11) is 0. The van der Waals surface area contributed by atoms with Crippen molar-refractivity contribution < 1.29 is 9.90 Å². The number of aliphatic hydroxyl groups is 1. The first-order valence-electron chi connectivity index (χ1n) is 6.02. The largest absolute Gasteiger partial charge is 0.396 e. The smallest absolute Gasteiger partial charge is 0.261 e. The molecule has 0 aliphatic rings. The average Bonchev–Trinajstić information content (AvgIpc) is 2.78. The zero-order valence-electron chi connectivity index (χ0n) is 10.7. The van der Waals surface area contributed by atoms with Crippen LogP contribution in [0.25, 0.3) is 0 Å². The molecule has 0 radical (unpaired) electrons. The van der Waals surface area contributed by atoms with Gasteiger partial charge in [0.1, 0.15) is 0 Å². The molecule has 0 atom stereocenters. The van der Waals surface area contributed by atoms with E-state index in [2.05, 4.69) is 5.32 Å². The molecule has 1 rings (SSSR count). The van der Waals surface area contributed by atoms with Crippen LogP contribution in [0.5, 0.6) is 0 Å². The Kier molecular flexibility index (Phi) is 5.15. The number of thiophene rings is 1. The molecule has 0 unspecified atom stereocenters. The highest BCUT2D eigenvalue weighted by molar-refractivity contribution is 7.13. The Hall–Kier alpha value is -0.870. The quantitative estimate of drug-likeness (QED) is 0.821. The second-order valence-electron chi connectivity index (χ2n) is 4.46. The van der Waals surface area contributed by atoms with E-state index in [4.69, 9.17) is 0 Å².